The van der Waals surface area contributed by atoms with Crippen LogP contribution < -0.4 is 0 Å². The highest BCUT2D eigenvalue weighted by Gasteiger charge is 2.37. The molecule has 0 aromatic heterocycles. The summed E-state index contributed by atoms with van der Waals surface area (Å²) in [4.78, 5) is 2.48. The van der Waals surface area contributed by atoms with Gasteiger partial charge in [-0.2, -0.15) is 0 Å². The van der Waals surface area contributed by atoms with Crippen molar-refractivity contribution < 1.29 is 5.11 Å². The van der Waals surface area contributed by atoms with Gasteiger partial charge in [0.25, 0.3) is 0 Å². The van der Waals surface area contributed by atoms with Crippen LogP contribution in [0.4, 0.5) is 0 Å². The SMILES string of the molecule is CC1(C)CC(CO)CN1Cc1ccccc1. The van der Waals surface area contributed by atoms with Crippen molar-refractivity contribution in [2.24, 2.45) is 5.92 Å². The highest BCUT2D eigenvalue weighted by molar-refractivity contribution is 5.15. The molecule has 0 aliphatic carbocycles. The number of hydrogen-bond donors (Lipinski definition) is 1. The summed E-state index contributed by atoms with van der Waals surface area (Å²) < 4.78 is 0. The number of aliphatic hydroxyl groups excluding tert-OH is 1. The van der Waals surface area contributed by atoms with E-state index < -0.39 is 0 Å². The van der Waals surface area contributed by atoms with E-state index in [1.54, 1.807) is 0 Å². The number of benzene rings is 1. The maximum Gasteiger partial charge on any atom is 0.0472 e. The minimum atomic E-state index is 0.212. The van der Waals surface area contributed by atoms with E-state index in [0.29, 0.717) is 12.5 Å². The summed E-state index contributed by atoms with van der Waals surface area (Å²) >= 11 is 0. The summed E-state index contributed by atoms with van der Waals surface area (Å²) in [6.45, 7) is 6.86. The normalized spacial score (nSPS) is 24.8. The molecule has 1 aromatic carbocycles. The topological polar surface area (TPSA) is 23.5 Å². The Morgan fingerprint density at radius 1 is 1.31 bits per heavy atom. The maximum absolute atomic E-state index is 9.26. The molecule has 1 aliphatic rings. The Hall–Kier alpha value is -0.860. The Bertz CT molecular complexity index is 334. The van der Waals surface area contributed by atoms with E-state index in [4.69, 9.17) is 0 Å². The lowest BCUT2D eigenvalue weighted by Crippen LogP contribution is -2.37. The summed E-state index contributed by atoms with van der Waals surface area (Å²) in [6.07, 6.45) is 1.09. The lowest BCUT2D eigenvalue weighted by Gasteiger charge is -2.31. The first-order chi connectivity index (χ1) is 7.62. The first-order valence-corrected chi connectivity index (χ1v) is 6.01. The van der Waals surface area contributed by atoms with Gasteiger partial charge in [0.15, 0.2) is 0 Å². The Labute approximate surface area is 97.9 Å². The van der Waals surface area contributed by atoms with Crippen molar-refractivity contribution in [1.29, 1.82) is 0 Å². The molecule has 1 saturated heterocycles. The van der Waals surface area contributed by atoms with Crippen molar-refractivity contribution in [2.45, 2.75) is 32.4 Å². The number of nitrogens with zero attached hydrogens (tertiary/aromatic N) is 1. The molecule has 88 valence electrons. The summed E-state index contributed by atoms with van der Waals surface area (Å²) in [5.74, 6) is 0.443. The van der Waals surface area contributed by atoms with Crippen LogP contribution in [0.3, 0.4) is 0 Å². The fourth-order valence-corrected chi connectivity index (χ4v) is 2.66. The molecule has 2 heteroatoms. The van der Waals surface area contributed by atoms with Gasteiger partial charge in [-0.3, -0.25) is 4.90 Å². The molecular weight excluding hydrogens is 198 g/mol. The van der Waals surface area contributed by atoms with Gasteiger partial charge in [-0.1, -0.05) is 30.3 Å². The molecule has 1 atom stereocenters. The zero-order valence-electron chi connectivity index (χ0n) is 10.2. The van der Waals surface area contributed by atoms with Crippen molar-refractivity contribution in [3.63, 3.8) is 0 Å². The zero-order chi connectivity index (χ0) is 11.6. The molecule has 0 amide bonds. The van der Waals surface area contributed by atoms with Crippen LogP contribution in [0.1, 0.15) is 25.8 Å². The molecular formula is C14H21NO. The second-order valence-electron chi connectivity index (χ2n) is 5.43. The number of aliphatic hydroxyl groups is 1. The predicted octanol–water partition coefficient (Wildman–Crippen LogP) is 2.28. The number of rotatable bonds is 3. The molecule has 2 nitrogen and oxygen atoms in total. The maximum atomic E-state index is 9.26. The molecule has 1 aliphatic heterocycles. The fraction of sp³-hybridized carbons (Fsp3) is 0.571. The monoisotopic (exact) mass is 219 g/mol. The Balaban J connectivity index is 2.05. The van der Waals surface area contributed by atoms with E-state index >= 15 is 0 Å². The molecule has 16 heavy (non-hydrogen) atoms. The van der Waals surface area contributed by atoms with Gasteiger partial charge in [-0.05, 0) is 31.7 Å². The van der Waals surface area contributed by atoms with Crippen LogP contribution >= 0.6 is 0 Å². The van der Waals surface area contributed by atoms with Gasteiger partial charge >= 0.3 is 0 Å². The second kappa shape index (κ2) is 4.56. The van der Waals surface area contributed by atoms with Gasteiger partial charge in [0, 0.05) is 25.2 Å². The third-order valence-electron chi connectivity index (χ3n) is 3.60. The van der Waals surface area contributed by atoms with Crippen LogP contribution in [0.2, 0.25) is 0 Å². The van der Waals surface area contributed by atoms with E-state index in [2.05, 4.69) is 49.1 Å². The smallest absolute Gasteiger partial charge is 0.0472 e. The van der Waals surface area contributed by atoms with Crippen LogP contribution in [-0.2, 0) is 6.54 Å². The van der Waals surface area contributed by atoms with Crippen LogP contribution in [-0.4, -0.2) is 28.7 Å². The third kappa shape index (κ3) is 2.45. The van der Waals surface area contributed by atoms with E-state index in [1.807, 2.05) is 0 Å². The van der Waals surface area contributed by atoms with E-state index in [9.17, 15) is 5.11 Å². The molecule has 1 heterocycles. The Kier molecular flexibility index (Phi) is 3.31. The van der Waals surface area contributed by atoms with E-state index in [1.165, 1.54) is 5.56 Å². The van der Waals surface area contributed by atoms with Gasteiger partial charge < -0.3 is 5.11 Å². The number of likely N-dealkylation sites (tertiary alicyclic amines) is 1. The second-order valence-corrected chi connectivity index (χ2v) is 5.43. The molecule has 1 aromatic rings. The molecule has 0 radical (unpaired) electrons. The summed E-state index contributed by atoms with van der Waals surface area (Å²) in [6, 6.07) is 10.6. The van der Waals surface area contributed by atoms with Crippen molar-refractivity contribution >= 4 is 0 Å². The predicted molar refractivity (Wildman–Crippen MR) is 66.1 cm³/mol. The summed E-state index contributed by atoms with van der Waals surface area (Å²) in [7, 11) is 0. The Morgan fingerprint density at radius 3 is 2.56 bits per heavy atom. The van der Waals surface area contributed by atoms with Crippen LogP contribution in [0.5, 0.6) is 0 Å². The van der Waals surface area contributed by atoms with Crippen molar-refractivity contribution in [3.8, 4) is 0 Å². The van der Waals surface area contributed by atoms with Crippen molar-refractivity contribution in [1.82, 2.24) is 4.90 Å². The first-order valence-electron chi connectivity index (χ1n) is 6.01. The minimum absolute atomic E-state index is 0.212. The molecule has 0 spiro atoms. The summed E-state index contributed by atoms with van der Waals surface area (Å²) in [5.41, 5.74) is 1.57. The molecule has 1 unspecified atom stereocenters. The molecule has 2 rings (SSSR count). The average molecular weight is 219 g/mol. The average Bonchev–Trinajstić information content (AvgIpc) is 2.55. The van der Waals surface area contributed by atoms with E-state index in [-0.39, 0.29) is 5.54 Å². The highest BCUT2D eigenvalue weighted by atomic mass is 16.3. The molecule has 0 saturated carbocycles. The Morgan fingerprint density at radius 2 is 2.00 bits per heavy atom. The third-order valence-corrected chi connectivity index (χ3v) is 3.60. The van der Waals surface area contributed by atoms with Crippen LogP contribution in [0, 0.1) is 5.92 Å². The molecule has 1 fully saturated rings. The van der Waals surface area contributed by atoms with Gasteiger partial charge in [-0.15, -0.1) is 0 Å². The molecule has 1 N–H and O–H groups in total. The van der Waals surface area contributed by atoms with Gasteiger partial charge in [0.1, 0.15) is 0 Å². The van der Waals surface area contributed by atoms with Crippen LogP contribution in [0.25, 0.3) is 0 Å². The highest BCUT2D eigenvalue weighted by Crippen LogP contribution is 2.33. The summed E-state index contributed by atoms with van der Waals surface area (Å²) in [5, 5.41) is 9.26. The zero-order valence-corrected chi connectivity index (χ0v) is 10.2. The van der Waals surface area contributed by atoms with Crippen molar-refractivity contribution in [2.75, 3.05) is 13.2 Å². The van der Waals surface area contributed by atoms with Crippen molar-refractivity contribution in [3.05, 3.63) is 35.9 Å². The largest absolute Gasteiger partial charge is 0.396 e. The van der Waals surface area contributed by atoms with Gasteiger partial charge in [-0.25, -0.2) is 0 Å². The quantitative estimate of drug-likeness (QED) is 0.843. The van der Waals surface area contributed by atoms with Gasteiger partial charge in [0.2, 0.25) is 0 Å². The lowest BCUT2D eigenvalue weighted by atomic mass is 9.97. The van der Waals surface area contributed by atoms with Crippen LogP contribution in [0.15, 0.2) is 30.3 Å². The van der Waals surface area contributed by atoms with Gasteiger partial charge in [0.05, 0.1) is 0 Å². The lowest BCUT2D eigenvalue weighted by molar-refractivity contribution is 0.164. The number of hydrogen-bond acceptors (Lipinski definition) is 2. The fourth-order valence-electron chi connectivity index (χ4n) is 2.66. The van der Waals surface area contributed by atoms with E-state index in [0.717, 1.165) is 19.5 Å². The first kappa shape index (κ1) is 11.6. The minimum Gasteiger partial charge on any atom is -0.396 e. The standard InChI is InChI=1S/C14H21NO/c1-14(2)8-13(11-16)10-15(14)9-12-6-4-3-5-7-12/h3-7,13,16H,8-11H2,1-2H3. The molecule has 0 bridgehead atoms.